The van der Waals surface area contributed by atoms with Gasteiger partial charge in [-0.3, -0.25) is 5.01 Å². The molecule has 1 saturated heterocycles. The fraction of sp³-hybridized carbons (Fsp3) is 0.312. The van der Waals surface area contributed by atoms with E-state index in [0.717, 1.165) is 18.3 Å². The van der Waals surface area contributed by atoms with Gasteiger partial charge in [0.25, 0.3) is 0 Å². The Morgan fingerprint density at radius 3 is 2.95 bits per heavy atom. The summed E-state index contributed by atoms with van der Waals surface area (Å²) in [4.78, 5) is 3.89. The van der Waals surface area contributed by atoms with Gasteiger partial charge in [-0.05, 0) is 35.5 Å². The van der Waals surface area contributed by atoms with Crippen LogP contribution < -0.4 is 10.6 Å². The second kappa shape index (κ2) is 6.14. The molecule has 0 saturated carbocycles. The molecular weight excluding hydrogens is 301 g/mol. The van der Waals surface area contributed by atoms with Gasteiger partial charge < -0.3 is 4.74 Å². The van der Waals surface area contributed by atoms with E-state index in [2.05, 4.69) is 18.0 Å². The lowest BCUT2D eigenvalue weighted by Crippen LogP contribution is -2.32. The highest BCUT2D eigenvalue weighted by molar-refractivity contribution is 8.00. The van der Waals surface area contributed by atoms with Crippen LogP contribution in [0.4, 0.5) is 4.39 Å². The molecule has 2 aliphatic heterocycles. The van der Waals surface area contributed by atoms with Gasteiger partial charge in [0.05, 0.1) is 11.9 Å². The molecule has 0 amide bonds. The third-order valence-corrected chi connectivity index (χ3v) is 5.42. The van der Waals surface area contributed by atoms with Crippen molar-refractivity contribution in [3.8, 4) is 5.88 Å². The highest BCUT2D eigenvalue weighted by Crippen LogP contribution is 2.41. The van der Waals surface area contributed by atoms with E-state index in [1.165, 1.54) is 23.6 Å². The fourth-order valence-corrected chi connectivity index (χ4v) is 3.34. The molecule has 3 rings (SSSR count). The highest BCUT2D eigenvalue weighted by atomic mass is 32.2. The van der Waals surface area contributed by atoms with Gasteiger partial charge in [-0.25, -0.2) is 15.2 Å². The number of thioether (sulfide) groups is 1. The van der Waals surface area contributed by atoms with E-state index in [0.29, 0.717) is 17.1 Å². The van der Waals surface area contributed by atoms with Crippen LogP contribution in [0.5, 0.6) is 5.88 Å². The van der Waals surface area contributed by atoms with Crippen LogP contribution in [0.25, 0.3) is 0 Å². The number of nitrogens with zero attached hydrogens (tertiary/aromatic N) is 2. The lowest BCUT2D eigenvalue weighted by molar-refractivity contribution is 0.395. The van der Waals surface area contributed by atoms with Crippen LogP contribution in [0.15, 0.2) is 54.2 Å². The van der Waals surface area contributed by atoms with E-state index in [1.54, 1.807) is 17.3 Å². The maximum atomic E-state index is 12.8. The normalized spacial score (nSPS) is 21.5. The summed E-state index contributed by atoms with van der Waals surface area (Å²) < 4.78 is 18.5. The molecule has 0 unspecified atom stereocenters. The highest BCUT2D eigenvalue weighted by Gasteiger charge is 2.31. The summed E-state index contributed by atoms with van der Waals surface area (Å²) in [6.07, 6.45) is 9.59. The second-order valence-corrected chi connectivity index (χ2v) is 6.81. The number of ether oxygens (including phenoxy) is 1. The van der Waals surface area contributed by atoms with E-state index in [-0.39, 0.29) is 5.82 Å². The predicted molar refractivity (Wildman–Crippen MR) is 86.2 cm³/mol. The van der Waals surface area contributed by atoms with Gasteiger partial charge >= 0.3 is 0 Å². The first kappa shape index (κ1) is 15.1. The van der Waals surface area contributed by atoms with E-state index in [4.69, 9.17) is 10.6 Å². The lowest BCUT2D eigenvalue weighted by atomic mass is 9.90. The van der Waals surface area contributed by atoms with E-state index in [1.807, 2.05) is 17.8 Å². The molecule has 6 heteroatoms. The molecule has 4 nitrogen and oxygen atoms in total. The molecule has 1 aromatic rings. The number of nitrogens with two attached hydrogens (primary N) is 1. The lowest BCUT2D eigenvalue weighted by Gasteiger charge is -2.37. The van der Waals surface area contributed by atoms with Crippen LogP contribution in [0, 0.1) is 11.2 Å². The molecule has 1 aromatic heterocycles. The van der Waals surface area contributed by atoms with Crippen molar-refractivity contribution in [3.63, 3.8) is 0 Å². The molecule has 0 aromatic carbocycles. The number of halogens is 1. The Hall–Kier alpha value is -1.79. The number of rotatable bonds is 4. The summed E-state index contributed by atoms with van der Waals surface area (Å²) in [7, 11) is 0. The molecule has 2 N–H and O–H groups in total. The molecule has 0 radical (unpaired) electrons. The molecule has 116 valence electrons. The van der Waals surface area contributed by atoms with Crippen LogP contribution >= 0.6 is 11.8 Å². The van der Waals surface area contributed by atoms with Crippen LogP contribution in [0.3, 0.4) is 0 Å². The van der Waals surface area contributed by atoms with Gasteiger partial charge in [0.15, 0.2) is 0 Å². The largest absolute Gasteiger partial charge is 0.439 e. The van der Waals surface area contributed by atoms with E-state index >= 15 is 0 Å². The summed E-state index contributed by atoms with van der Waals surface area (Å²) in [6.45, 7) is 2.28. The van der Waals surface area contributed by atoms with Gasteiger partial charge in [-0.1, -0.05) is 13.0 Å². The Bertz CT molecular complexity index is 635. The Labute approximate surface area is 133 Å². The van der Waals surface area contributed by atoms with Crippen LogP contribution in [-0.4, -0.2) is 21.5 Å². The number of allylic oxidation sites excluding steroid dienone is 3. The molecule has 1 fully saturated rings. The van der Waals surface area contributed by atoms with Gasteiger partial charge in [-0.2, -0.15) is 11.8 Å². The molecule has 0 bridgehead atoms. The number of hydrogen-bond donors (Lipinski definition) is 1. The summed E-state index contributed by atoms with van der Waals surface area (Å²) in [5.74, 6) is 8.91. The average Bonchev–Trinajstić information content (AvgIpc) is 2.48. The smallest absolute Gasteiger partial charge is 0.219 e. The Kier molecular flexibility index (Phi) is 4.22. The van der Waals surface area contributed by atoms with Crippen molar-refractivity contribution in [2.24, 2.45) is 11.3 Å². The molecule has 3 heterocycles. The average molecular weight is 319 g/mol. The van der Waals surface area contributed by atoms with E-state index < -0.39 is 0 Å². The maximum Gasteiger partial charge on any atom is 0.219 e. The molecule has 2 aliphatic rings. The first-order chi connectivity index (χ1) is 10.5. The molecule has 0 aliphatic carbocycles. The van der Waals surface area contributed by atoms with Crippen molar-refractivity contribution in [1.29, 1.82) is 0 Å². The quantitative estimate of drug-likeness (QED) is 0.864. The third kappa shape index (κ3) is 3.51. The summed E-state index contributed by atoms with van der Waals surface area (Å²) in [5.41, 5.74) is 1.25. The monoisotopic (exact) mass is 319 g/mol. The number of hydrazine groups is 1. The van der Waals surface area contributed by atoms with Crippen LogP contribution in [-0.2, 0) is 0 Å². The Morgan fingerprint density at radius 2 is 2.32 bits per heavy atom. The number of aromatic nitrogens is 1. The SMILES string of the molecule is CC1(C/C=C2/C=C(Oc3ccc(F)cn3)C=CN2N)CSC1. The standard InChI is InChI=1S/C16H18FN3OS/c1-16(10-22-11-16)6-4-13-8-14(5-7-20(13)18)21-15-3-2-12(17)9-19-15/h2-5,7-9H,6,10-11,18H2,1H3/b13-4-. The Balaban J connectivity index is 1.71. The van der Waals surface area contributed by atoms with Crippen molar-refractivity contribution in [1.82, 2.24) is 9.99 Å². The molecule has 0 spiro atoms. The first-order valence-electron chi connectivity index (χ1n) is 7.05. The van der Waals surface area contributed by atoms with Crippen LogP contribution in [0.2, 0.25) is 0 Å². The predicted octanol–water partition coefficient (Wildman–Crippen LogP) is 3.21. The van der Waals surface area contributed by atoms with Crippen LogP contribution in [0.1, 0.15) is 13.3 Å². The molecule has 0 atom stereocenters. The summed E-state index contributed by atoms with van der Waals surface area (Å²) >= 11 is 1.97. The Morgan fingerprint density at radius 1 is 1.50 bits per heavy atom. The zero-order valence-corrected chi connectivity index (χ0v) is 13.1. The maximum absolute atomic E-state index is 12.8. The first-order valence-corrected chi connectivity index (χ1v) is 8.21. The van der Waals surface area contributed by atoms with Gasteiger partial charge in [0.1, 0.15) is 11.6 Å². The topological polar surface area (TPSA) is 51.4 Å². The zero-order chi connectivity index (χ0) is 15.6. The minimum Gasteiger partial charge on any atom is -0.439 e. The fourth-order valence-electron chi connectivity index (χ4n) is 2.20. The minimum atomic E-state index is -0.388. The zero-order valence-electron chi connectivity index (χ0n) is 12.3. The molecular formula is C16H18FN3OS. The van der Waals surface area contributed by atoms with Crippen molar-refractivity contribution >= 4 is 11.8 Å². The van der Waals surface area contributed by atoms with Crippen molar-refractivity contribution in [3.05, 3.63) is 60.0 Å². The molecule has 22 heavy (non-hydrogen) atoms. The van der Waals surface area contributed by atoms with Crippen molar-refractivity contribution in [2.45, 2.75) is 13.3 Å². The summed E-state index contributed by atoms with van der Waals surface area (Å²) in [6, 6.07) is 2.81. The number of hydrogen-bond acceptors (Lipinski definition) is 5. The van der Waals surface area contributed by atoms with Crippen molar-refractivity contribution in [2.75, 3.05) is 11.5 Å². The minimum absolute atomic E-state index is 0.351. The third-order valence-electron chi connectivity index (χ3n) is 3.62. The van der Waals surface area contributed by atoms with Crippen molar-refractivity contribution < 1.29 is 9.13 Å². The van der Waals surface area contributed by atoms with Gasteiger partial charge in [0, 0.05) is 18.3 Å². The van der Waals surface area contributed by atoms with Gasteiger partial charge in [0.2, 0.25) is 5.88 Å². The second-order valence-electron chi connectivity index (χ2n) is 5.82. The van der Waals surface area contributed by atoms with E-state index in [9.17, 15) is 4.39 Å². The van der Waals surface area contributed by atoms with Gasteiger partial charge in [-0.15, -0.1) is 0 Å². The summed E-state index contributed by atoms with van der Waals surface area (Å²) in [5, 5.41) is 1.57. The number of pyridine rings is 1.